The average Bonchev–Trinajstić information content (AvgIpc) is 3.38. The van der Waals surface area contributed by atoms with Crippen molar-refractivity contribution in [3.05, 3.63) is 84.1 Å². The lowest BCUT2D eigenvalue weighted by atomic mass is 10.1. The van der Waals surface area contributed by atoms with Gasteiger partial charge in [-0.25, -0.2) is 13.4 Å². The molecule has 4 aromatic rings. The number of anilines is 1. The number of ether oxygens (including phenoxy) is 4. The van der Waals surface area contributed by atoms with E-state index in [-0.39, 0.29) is 23.0 Å². The van der Waals surface area contributed by atoms with E-state index in [0.717, 1.165) is 37.1 Å². The van der Waals surface area contributed by atoms with Gasteiger partial charge in [-0.3, -0.25) is 14.9 Å². The van der Waals surface area contributed by atoms with Crippen molar-refractivity contribution in [3.8, 4) is 28.1 Å². The third-order valence-corrected chi connectivity index (χ3v) is 8.25. The number of sulfone groups is 1. The lowest BCUT2D eigenvalue weighted by Crippen LogP contribution is -2.41. The van der Waals surface area contributed by atoms with Crippen molar-refractivity contribution in [1.29, 1.82) is 0 Å². The molecule has 1 fully saturated rings. The van der Waals surface area contributed by atoms with Crippen LogP contribution < -0.4 is 19.5 Å². The van der Waals surface area contributed by atoms with E-state index in [4.69, 9.17) is 18.9 Å². The van der Waals surface area contributed by atoms with Gasteiger partial charge in [0.25, 0.3) is 11.8 Å². The van der Waals surface area contributed by atoms with Crippen LogP contribution in [0.2, 0.25) is 0 Å². The Balaban J connectivity index is 1.28. The summed E-state index contributed by atoms with van der Waals surface area (Å²) in [6.45, 7) is 2.12. The number of nitrogens with zero attached hydrogens (tertiary/aromatic N) is 2. The van der Waals surface area contributed by atoms with E-state index in [9.17, 15) is 18.0 Å². The van der Waals surface area contributed by atoms with Crippen molar-refractivity contribution >= 4 is 38.1 Å². The Morgan fingerprint density at radius 2 is 1.65 bits per heavy atom. The molecular formula is C30H29N3O8S2. The normalized spacial score (nSPS) is 12.7. The van der Waals surface area contributed by atoms with E-state index in [1.54, 1.807) is 48.4 Å². The minimum absolute atomic E-state index is 0.0309. The Morgan fingerprint density at radius 3 is 2.35 bits per heavy atom. The van der Waals surface area contributed by atoms with E-state index < -0.39 is 15.7 Å². The van der Waals surface area contributed by atoms with Crippen molar-refractivity contribution in [2.75, 3.05) is 45.0 Å². The topological polar surface area (TPSA) is 133 Å². The summed E-state index contributed by atoms with van der Waals surface area (Å²) in [6.07, 6.45) is 3.63. The number of carbonyl (C=O) groups is 2. The quantitative estimate of drug-likeness (QED) is 0.210. The largest absolute Gasteiger partial charge is 0.491 e. The van der Waals surface area contributed by atoms with Gasteiger partial charge >= 0.3 is 0 Å². The monoisotopic (exact) mass is 623 g/mol. The van der Waals surface area contributed by atoms with Gasteiger partial charge in [-0.1, -0.05) is 17.4 Å². The first kappa shape index (κ1) is 30.0. The van der Waals surface area contributed by atoms with Crippen LogP contribution in [-0.4, -0.2) is 69.8 Å². The molecule has 43 heavy (non-hydrogen) atoms. The Labute approximate surface area is 252 Å². The molecule has 0 saturated carbocycles. The highest BCUT2D eigenvalue weighted by Gasteiger charge is 2.22. The molecule has 0 bridgehead atoms. The van der Waals surface area contributed by atoms with Gasteiger partial charge in [0.1, 0.15) is 29.6 Å². The SMILES string of the molecule is COCCOc1cc(Oc2ccc(S(C)(=O)=O)cc2)cc(C(=O)Nc2ncc(Oc3cccc(C(=O)N4CCC4)c3)s2)c1. The van der Waals surface area contributed by atoms with Gasteiger partial charge < -0.3 is 23.8 Å². The van der Waals surface area contributed by atoms with Crippen LogP contribution in [0.3, 0.4) is 0 Å². The second-order valence-corrected chi connectivity index (χ2v) is 12.6. The first-order valence-corrected chi connectivity index (χ1v) is 16.0. The fourth-order valence-electron chi connectivity index (χ4n) is 4.02. The van der Waals surface area contributed by atoms with E-state index in [0.29, 0.717) is 45.4 Å². The summed E-state index contributed by atoms with van der Waals surface area (Å²) < 4.78 is 46.1. The number of likely N-dealkylation sites (tertiary alicyclic amines) is 1. The summed E-state index contributed by atoms with van der Waals surface area (Å²) in [6, 6.07) is 17.6. The lowest BCUT2D eigenvalue weighted by Gasteiger charge is -2.30. The number of methoxy groups -OCH3 is 1. The van der Waals surface area contributed by atoms with E-state index in [2.05, 4.69) is 10.3 Å². The zero-order chi connectivity index (χ0) is 30.4. The molecule has 0 unspecified atom stereocenters. The molecule has 224 valence electrons. The molecule has 3 aromatic carbocycles. The maximum absolute atomic E-state index is 13.2. The molecule has 1 saturated heterocycles. The lowest BCUT2D eigenvalue weighted by molar-refractivity contribution is 0.0651. The van der Waals surface area contributed by atoms with Crippen LogP contribution in [0.5, 0.6) is 28.1 Å². The summed E-state index contributed by atoms with van der Waals surface area (Å²) >= 11 is 1.13. The highest BCUT2D eigenvalue weighted by molar-refractivity contribution is 7.90. The maximum atomic E-state index is 13.2. The van der Waals surface area contributed by atoms with E-state index >= 15 is 0 Å². The molecule has 0 spiro atoms. The zero-order valence-corrected chi connectivity index (χ0v) is 25.1. The molecule has 2 amide bonds. The molecule has 1 N–H and O–H groups in total. The van der Waals surface area contributed by atoms with Crippen LogP contribution in [0.4, 0.5) is 5.13 Å². The molecule has 1 aromatic heterocycles. The van der Waals surface area contributed by atoms with Gasteiger partial charge in [0.15, 0.2) is 15.0 Å². The molecule has 1 aliphatic heterocycles. The Bertz CT molecular complexity index is 1720. The third-order valence-electron chi connectivity index (χ3n) is 6.33. The summed E-state index contributed by atoms with van der Waals surface area (Å²) in [7, 11) is -1.80. The molecule has 0 atom stereocenters. The Hall–Kier alpha value is -4.46. The smallest absolute Gasteiger partial charge is 0.257 e. The predicted octanol–water partition coefficient (Wildman–Crippen LogP) is 5.25. The minimum atomic E-state index is -3.35. The standard InChI is InChI=1S/C30H29N3O8S2/c1-38-13-14-39-24-16-21(17-25(18-24)40-22-7-9-26(10-8-22)43(2,36)37)28(34)32-30-31-19-27(42-30)41-23-6-3-5-20(15-23)29(35)33-11-4-12-33/h3,5-10,15-19H,4,11-14H2,1-2H3,(H,31,32,34). The van der Waals surface area contributed by atoms with Gasteiger partial charge in [0, 0.05) is 43.6 Å². The maximum Gasteiger partial charge on any atom is 0.257 e. The van der Waals surface area contributed by atoms with Crippen molar-refractivity contribution in [2.45, 2.75) is 11.3 Å². The molecule has 11 nitrogen and oxygen atoms in total. The van der Waals surface area contributed by atoms with Gasteiger partial charge in [0.05, 0.1) is 17.7 Å². The minimum Gasteiger partial charge on any atom is -0.491 e. The fourth-order valence-corrected chi connectivity index (χ4v) is 5.34. The highest BCUT2D eigenvalue weighted by atomic mass is 32.2. The molecule has 1 aliphatic rings. The number of aromatic nitrogens is 1. The van der Waals surface area contributed by atoms with Crippen LogP contribution in [0.15, 0.2) is 77.8 Å². The van der Waals surface area contributed by atoms with Crippen LogP contribution in [0.1, 0.15) is 27.1 Å². The second-order valence-electron chi connectivity index (χ2n) is 9.59. The molecule has 2 heterocycles. The number of carbonyl (C=O) groups excluding carboxylic acids is 2. The summed E-state index contributed by atoms with van der Waals surface area (Å²) in [5.41, 5.74) is 0.791. The first-order chi connectivity index (χ1) is 20.7. The van der Waals surface area contributed by atoms with Crippen molar-refractivity contribution in [1.82, 2.24) is 9.88 Å². The number of thiazole rings is 1. The van der Waals surface area contributed by atoms with Crippen LogP contribution in [0.25, 0.3) is 0 Å². The number of hydrogen-bond donors (Lipinski definition) is 1. The number of hydrogen-bond acceptors (Lipinski definition) is 10. The third kappa shape index (κ3) is 7.89. The van der Waals surface area contributed by atoms with Gasteiger partial charge in [-0.15, -0.1) is 0 Å². The van der Waals surface area contributed by atoms with Crippen LogP contribution in [0, 0.1) is 0 Å². The van der Waals surface area contributed by atoms with Crippen molar-refractivity contribution in [2.24, 2.45) is 0 Å². The summed E-state index contributed by atoms with van der Waals surface area (Å²) in [4.78, 5) is 31.9. The van der Waals surface area contributed by atoms with Gasteiger partial charge in [0.2, 0.25) is 5.06 Å². The van der Waals surface area contributed by atoms with Crippen molar-refractivity contribution in [3.63, 3.8) is 0 Å². The number of amides is 2. The molecule has 0 aliphatic carbocycles. The van der Waals surface area contributed by atoms with Crippen molar-refractivity contribution < 1.29 is 37.0 Å². The Morgan fingerprint density at radius 1 is 0.907 bits per heavy atom. The highest BCUT2D eigenvalue weighted by Crippen LogP contribution is 2.33. The average molecular weight is 624 g/mol. The summed E-state index contributed by atoms with van der Waals surface area (Å²) in [5, 5.41) is 3.49. The Kier molecular flexibility index (Phi) is 9.24. The van der Waals surface area contributed by atoms with E-state index in [1.807, 2.05) is 0 Å². The second kappa shape index (κ2) is 13.2. The number of nitrogens with one attached hydrogen (secondary N) is 1. The number of rotatable bonds is 12. The summed E-state index contributed by atoms with van der Waals surface area (Å²) in [5.74, 6) is 1.06. The van der Waals surface area contributed by atoms with Crippen LogP contribution in [-0.2, 0) is 14.6 Å². The number of benzene rings is 3. The van der Waals surface area contributed by atoms with E-state index in [1.165, 1.54) is 36.5 Å². The van der Waals surface area contributed by atoms with Gasteiger partial charge in [-0.05, 0) is 61.0 Å². The molecular weight excluding hydrogens is 594 g/mol. The fraction of sp³-hybridized carbons (Fsp3) is 0.233. The predicted molar refractivity (Wildman–Crippen MR) is 161 cm³/mol. The molecule has 13 heteroatoms. The first-order valence-electron chi connectivity index (χ1n) is 13.3. The molecule has 0 radical (unpaired) electrons. The zero-order valence-electron chi connectivity index (χ0n) is 23.4. The van der Waals surface area contributed by atoms with Crippen LogP contribution >= 0.6 is 11.3 Å². The van der Waals surface area contributed by atoms with Gasteiger partial charge in [-0.2, -0.15) is 0 Å². The molecule has 5 rings (SSSR count).